The molecule has 2 rings (SSSR count). The molecule has 1 heterocycles. The van der Waals surface area contributed by atoms with Gasteiger partial charge < -0.3 is 0 Å². The Kier molecular flexibility index (Phi) is 15.7. The first-order chi connectivity index (χ1) is 12.6. The molecule has 0 bridgehead atoms. The first kappa shape index (κ1) is 25.1. The summed E-state index contributed by atoms with van der Waals surface area (Å²) in [4.78, 5) is 16.7. The van der Waals surface area contributed by atoms with Crippen molar-refractivity contribution in [3.63, 3.8) is 0 Å². The van der Waals surface area contributed by atoms with Crippen LogP contribution in [0.5, 0.6) is 0 Å². The van der Waals surface area contributed by atoms with Gasteiger partial charge in [0.1, 0.15) is 0 Å². The van der Waals surface area contributed by atoms with E-state index in [1.165, 1.54) is 89.2 Å². The average Bonchev–Trinajstić information content (AvgIpc) is 2.80. The second kappa shape index (κ2) is 16.3. The predicted octanol–water partition coefficient (Wildman–Crippen LogP) is 6.63. The van der Waals surface area contributed by atoms with Gasteiger partial charge in [0, 0.05) is 4.75 Å². The van der Waals surface area contributed by atoms with Crippen LogP contribution in [0.25, 0.3) is 0 Å². The number of rotatable bonds is 1. The highest BCUT2D eigenvalue weighted by atomic mass is 32.2. The Morgan fingerprint density at radius 1 is 0.769 bits per heavy atom. The lowest BCUT2D eigenvalue weighted by Crippen LogP contribution is -2.38. The van der Waals surface area contributed by atoms with Crippen molar-refractivity contribution in [1.29, 1.82) is 10.8 Å². The highest BCUT2D eigenvalue weighted by Gasteiger charge is 2.38. The zero-order chi connectivity index (χ0) is 19.7. The molecule has 1 saturated carbocycles. The highest BCUT2D eigenvalue weighted by Crippen LogP contribution is 2.47. The maximum atomic E-state index is 8.35. The third-order valence-electron chi connectivity index (χ3n) is 6.09. The molecule has 1 aliphatic carbocycles. The van der Waals surface area contributed by atoms with Gasteiger partial charge in [-0.1, -0.05) is 64.7 Å². The summed E-state index contributed by atoms with van der Waals surface area (Å²) < 4.78 is 0.564. The minimum absolute atomic E-state index is 0.564. The van der Waals surface area contributed by atoms with Gasteiger partial charge in [-0.15, -0.1) is 0 Å². The molecule has 0 amide bonds. The number of carbonyl (C=O) groups excluding carboxylic acids is 2. The van der Waals surface area contributed by atoms with Crippen molar-refractivity contribution in [3.05, 3.63) is 0 Å². The van der Waals surface area contributed by atoms with E-state index in [0.29, 0.717) is 4.75 Å². The van der Waals surface area contributed by atoms with E-state index in [1.54, 1.807) is 0 Å². The van der Waals surface area contributed by atoms with Crippen molar-refractivity contribution < 1.29 is 9.59 Å². The molecule has 4 nitrogen and oxygen atoms in total. The smallest absolute Gasteiger partial charge is 0.222 e. The molecule has 0 aromatic carbocycles. The van der Waals surface area contributed by atoms with Gasteiger partial charge in [-0.3, -0.25) is 0 Å². The molecule has 150 valence electrons. The predicted molar refractivity (Wildman–Crippen MR) is 110 cm³/mol. The molecule has 5 heteroatoms. The molecule has 0 aromatic heterocycles. The first-order valence-corrected chi connectivity index (χ1v) is 11.3. The van der Waals surface area contributed by atoms with E-state index in [1.807, 2.05) is 0 Å². The summed E-state index contributed by atoms with van der Waals surface area (Å²) in [5.74, 6) is 3.31. The molecule has 1 aliphatic heterocycles. The zero-order valence-electron chi connectivity index (χ0n) is 16.8. The fraction of sp³-hybridized carbons (Fsp3) is 0.905. The molecule has 26 heavy (non-hydrogen) atoms. The SMILES string of the molecule is CC1CCCCCCSC1(C)C1CCCCCCCC1.N=C=O.N=C=O. The monoisotopic (exact) mass is 382 g/mol. The number of hydrogen-bond acceptors (Lipinski definition) is 5. The molecule has 0 aromatic rings. The standard InChI is InChI=1S/C19H36S.2CHNO/c1-17-13-9-7-8-12-16-20-19(17,2)18-14-10-5-3-4-6-11-15-18;2*2-1-3/h17-18H,3-16H2,1-2H3;2*2H. The molecule has 2 unspecified atom stereocenters. The first-order valence-electron chi connectivity index (χ1n) is 10.3. The van der Waals surface area contributed by atoms with Crippen LogP contribution >= 0.6 is 11.8 Å². The summed E-state index contributed by atoms with van der Waals surface area (Å²) in [5, 5.41) is 10.8. The van der Waals surface area contributed by atoms with Crippen molar-refractivity contribution in [3.8, 4) is 0 Å². The summed E-state index contributed by atoms with van der Waals surface area (Å²) in [6.07, 6.45) is 20.8. The van der Waals surface area contributed by atoms with Gasteiger partial charge in [0.05, 0.1) is 0 Å². The van der Waals surface area contributed by atoms with Crippen molar-refractivity contribution in [2.24, 2.45) is 11.8 Å². The quantitative estimate of drug-likeness (QED) is 0.394. The van der Waals surface area contributed by atoms with Gasteiger partial charge in [-0.2, -0.15) is 11.8 Å². The van der Waals surface area contributed by atoms with Crippen LogP contribution in [0.4, 0.5) is 0 Å². The minimum Gasteiger partial charge on any atom is -0.222 e. The van der Waals surface area contributed by atoms with Crippen LogP contribution in [-0.4, -0.2) is 22.7 Å². The third kappa shape index (κ3) is 10.3. The lowest BCUT2D eigenvalue weighted by atomic mass is 9.76. The van der Waals surface area contributed by atoms with Gasteiger partial charge in [-0.05, 0) is 50.2 Å². The van der Waals surface area contributed by atoms with Crippen LogP contribution in [0, 0.1) is 22.7 Å². The average molecular weight is 383 g/mol. The summed E-state index contributed by atoms with van der Waals surface area (Å²) in [7, 11) is 0. The lowest BCUT2D eigenvalue weighted by molar-refractivity contribution is 0.252. The maximum absolute atomic E-state index is 8.35. The van der Waals surface area contributed by atoms with E-state index in [0.717, 1.165) is 24.0 Å². The Morgan fingerprint density at radius 3 is 1.65 bits per heavy atom. The molecular weight excluding hydrogens is 344 g/mol. The Balaban J connectivity index is 0.000000918. The number of thioether (sulfide) groups is 1. The van der Waals surface area contributed by atoms with E-state index < -0.39 is 0 Å². The molecule has 0 spiro atoms. The van der Waals surface area contributed by atoms with Crippen LogP contribution in [0.3, 0.4) is 0 Å². The maximum Gasteiger partial charge on any atom is 0.231 e. The molecule has 2 aliphatic rings. The van der Waals surface area contributed by atoms with Crippen molar-refractivity contribution in [2.45, 2.75) is 102 Å². The van der Waals surface area contributed by atoms with Gasteiger partial charge in [-0.25, -0.2) is 20.4 Å². The molecular formula is C21H38N2O2S. The fourth-order valence-electron chi connectivity index (χ4n) is 4.35. The summed E-state index contributed by atoms with van der Waals surface area (Å²) in [6, 6.07) is 0. The van der Waals surface area contributed by atoms with Crippen LogP contribution < -0.4 is 0 Å². The van der Waals surface area contributed by atoms with Crippen LogP contribution in [-0.2, 0) is 9.59 Å². The summed E-state index contributed by atoms with van der Waals surface area (Å²) in [6.45, 7) is 5.20. The second-order valence-corrected chi connectivity index (χ2v) is 9.31. The minimum atomic E-state index is 0.564. The number of hydrogen-bond donors (Lipinski definition) is 2. The molecule has 2 N–H and O–H groups in total. The van der Waals surface area contributed by atoms with Crippen molar-refractivity contribution in [2.75, 3.05) is 5.75 Å². The highest BCUT2D eigenvalue weighted by molar-refractivity contribution is 8.00. The van der Waals surface area contributed by atoms with E-state index in [-0.39, 0.29) is 0 Å². The van der Waals surface area contributed by atoms with E-state index in [2.05, 4.69) is 25.6 Å². The Morgan fingerprint density at radius 2 is 1.15 bits per heavy atom. The van der Waals surface area contributed by atoms with Gasteiger partial charge >= 0.3 is 0 Å². The van der Waals surface area contributed by atoms with Crippen molar-refractivity contribution in [1.82, 2.24) is 0 Å². The van der Waals surface area contributed by atoms with E-state index in [4.69, 9.17) is 20.4 Å². The Bertz CT molecular complexity index is 396. The van der Waals surface area contributed by atoms with Gasteiger partial charge in [0.15, 0.2) is 0 Å². The van der Waals surface area contributed by atoms with E-state index >= 15 is 0 Å². The third-order valence-corrected chi connectivity index (χ3v) is 7.94. The van der Waals surface area contributed by atoms with Crippen LogP contribution in [0.15, 0.2) is 0 Å². The van der Waals surface area contributed by atoms with Crippen LogP contribution in [0.2, 0.25) is 0 Å². The molecule has 2 fully saturated rings. The number of isocyanates is 2. The van der Waals surface area contributed by atoms with E-state index in [9.17, 15) is 0 Å². The summed E-state index contributed by atoms with van der Waals surface area (Å²) in [5.41, 5.74) is 0. The lowest BCUT2D eigenvalue weighted by Gasteiger charge is -2.42. The Hall–Kier alpha value is -0.890. The Labute approximate surface area is 164 Å². The molecule has 0 radical (unpaired) electrons. The second-order valence-electron chi connectivity index (χ2n) is 7.74. The fourth-order valence-corrected chi connectivity index (χ4v) is 6.02. The van der Waals surface area contributed by atoms with Gasteiger partial charge in [0.2, 0.25) is 12.2 Å². The number of nitrogens with one attached hydrogen (secondary N) is 2. The molecule has 1 saturated heterocycles. The van der Waals surface area contributed by atoms with Gasteiger partial charge in [0.25, 0.3) is 0 Å². The van der Waals surface area contributed by atoms with Crippen molar-refractivity contribution >= 4 is 23.9 Å². The molecule has 2 atom stereocenters. The van der Waals surface area contributed by atoms with Crippen LogP contribution in [0.1, 0.15) is 97.3 Å². The largest absolute Gasteiger partial charge is 0.231 e. The zero-order valence-corrected chi connectivity index (χ0v) is 17.6. The topological polar surface area (TPSA) is 81.8 Å². The normalized spacial score (nSPS) is 28.3. The summed E-state index contributed by atoms with van der Waals surface area (Å²) >= 11 is 2.35.